The molecule has 2 aromatic rings. The van der Waals surface area contributed by atoms with E-state index in [1.54, 1.807) is 43.5 Å². The molecule has 0 aliphatic carbocycles. The lowest BCUT2D eigenvalue weighted by atomic mass is 10.1. The monoisotopic (exact) mass is 424 g/mol. The standard InChI is InChI=1S/C23H24N2O4S/c1-14(2)30-21-20(17-7-9-18(10-8-17)24-15(3)26)22(27)25(23(21)28)13-16-5-11-19(29-4)12-6-16/h5-12,14H,13H2,1-4H3,(H,24,26). The number of hydrogen-bond donors (Lipinski definition) is 1. The normalized spacial score (nSPS) is 14.0. The molecule has 1 aliphatic rings. The van der Waals surface area contributed by atoms with Gasteiger partial charge in [0.15, 0.2) is 0 Å². The Labute approximate surface area is 180 Å². The third-order valence-electron chi connectivity index (χ3n) is 4.47. The molecule has 0 unspecified atom stereocenters. The molecule has 0 bridgehead atoms. The average molecular weight is 425 g/mol. The van der Waals surface area contributed by atoms with Crippen LogP contribution < -0.4 is 10.1 Å². The van der Waals surface area contributed by atoms with Gasteiger partial charge in [0.25, 0.3) is 11.8 Å². The van der Waals surface area contributed by atoms with Crippen LogP contribution in [0.3, 0.4) is 0 Å². The number of carbonyl (C=O) groups is 3. The van der Waals surface area contributed by atoms with Crippen LogP contribution in [0.2, 0.25) is 0 Å². The van der Waals surface area contributed by atoms with E-state index in [1.807, 2.05) is 26.0 Å². The topological polar surface area (TPSA) is 75.7 Å². The van der Waals surface area contributed by atoms with Crippen LogP contribution in [0.5, 0.6) is 5.75 Å². The first-order valence-corrected chi connectivity index (χ1v) is 10.5. The van der Waals surface area contributed by atoms with Crippen LogP contribution >= 0.6 is 11.8 Å². The van der Waals surface area contributed by atoms with E-state index >= 15 is 0 Å². The van der Waals surface area contributed by atoms with Crippen LogP contribution in [0.25, 0.3) is 5.57 Å². The number of imide groups is 1. The second kappa shape index (κ2) is 9.17. The van der Waals surface area contributed by atoms with Crippen molar-refractivity contribution in [3.05, 3.63) is 64.6 Å². The highest BCUT2D eigenvalue weighted by atomic mass is 32.2. The molecule has 6 nitrogen and oxygen atoms in total. The van der Waals surface area contributed by atoms with Crippen molar-refractivity contribution in [1.29, 1.82) is 0 Å². The second-order valence-corrected chi connectivity index (χ2v) is 8.76. The number of rotatable bonds is 7. The fraction of sp³-hybridized carbons (Fsp3) is 0.261. The summed E-state index contributed by atoms with van der Waals surface area (Å²) in [6.45, 7) is 5.60. The van der Waals surface area contributed by atoms with Crippen molar-refractivity contribution in [2.75, 3.05) is 12.4 Å². The maximum Gasteiger partial charge on any atom is 0.268 e. The van der Waals surface area contributed by atoms with E-state index in [-0.39, 0.29) is 29.5 Å². The number of anilines is 1. The third-order valence-corrected chi connectivity index (χ3v) is 5.56. The van der Waals surface area contributed by atoms with Gasteiger partial charge in [0.2, 0.25) is 5.91 Å². The maximum atomic E-state index is 13.2. The highest BCUT2D eigenvalue weighted by Gasteiger charge is 2.39. The van der Waals surface area contributed by atoms with Crippen LogP contribution in [-0.2, 0) is 20.9 Å². The molecule has 3 amide bonds. The number of carbonyl (C=O) groups excluding carboxylic acids is 3. The van der Waals surface area contributed by atoms with Crippen LogP contribution in [0.15, 0.2) is 53.4 Å². The molecule has 3 rings (SSSR count). The van der Waals surface area contributed by atoms with Gasteiger partial charge in [0.1, 0.15) is 5.75 Å². The van der Waals surface area contributed by atoms with Gasteiger partial charge in [-0.15, -0.1) is 11.8 Å². The molecule has 0 spiro atoms. The van der Waals surface area contributed by atoms with E-state index in [9.17, 15) is 14.4 Å². The molecule has 0 aromatic heterocycles. The smallest absolute Gasteiger partial charge is 0.268 e. The van der Waals surface area contributed by atoms with Crippen molar-refractivity contribution >= 4 is 40.7 Å². The number of thioether (sulfide) groups is 1. The number of nitrogens with zero attached hydrogens (tertiary/aromatic N) is 1. The number of ether oxygens (including phenoxy) is 1. The van der Waals surface area contributed by atoms with Gasteiger partial charge >= 0.3 is 0 Å². The number of nitrogens with one attached hydrogen (secondary N) is 1. The molecule has 0 saturated heterocycles. The zero-order valence-corrected chi connectivity index (χ0v) is 18.2. The van der Waals surface area contributed by atoms with Crippen LogP contribution in [0, 0.1) is 0 Å². The lowest BCUT2D eigenvalue weighted by molar-refractivity contribution is -0.137. The Morgan fingerprint density at radius 3 is 2.20 bits per heavy atom. The summed E-state index contributed by atoms with van der Waals surface area (Å²) in [5.41, 5.74) is 2.54. The summed E-state index contributed by atoms with van der Waals surface area (Å²) in [4.78, 5) is 39.3. The summed E-state index contributed by atoms with van der Waals surface area (Å²) < 4.78 is 5.17. The maximum absolute atomic E-state index is 13.2. The Kier molecular flexibility index (Phi) is 6.62. The SMILES string of the molecule is COc1ccc(CN2C(=O)C(SC(C)C)=C(c3ccc(NC(C)=O)cc3)C2=O)cc1. The highest BCUT2D eigenvalue weighted by molar-refractivity contribution is 8.04. The van der Waals surface area contributed by atoms with Gasteiger partial charge in [-0.05, 0) is 35.4 Å². The van der Waals surface area contributed by atoms with E-state index in [1.165, 1.54) is 23.6 Å². The van der Waals surface area contributed by atoms with Gasteiger partial charge in [-0.1, -0.05) is 38.1 Å². The molecular formula is C23H24N2O4S. The van der Waals surface area contributed by atoms with Gasteiger partial charge in [-0.2, -0.15) is 0 Å². The zero-order chi connectivity index (χ0) is 21.8. The fourth-order valence-corrected chi connectivity index (χ4v) is 4.14. The van der Waals surface area contributed by atoms with Crippen molar-refractivity contribution in [1.82, 2.24) is 4.90 Å². The van der Waals surface area contributed by atoms with Crippen molar-refractivity contribution in [3.8, 4) is 5.75 Å². The molecule has 30 heavy (non-hydrogen) atoms. The number of methoxy groups -OCH3 is 1. The Balaban J connectivity index is 1.91. The Morgan fingerprint density at radius 2 is 1.67 bits per heavy atom. The molecule has 0 atom stereocenters. The first kappa shape index (κ1) is 21.6. The molecule has 2 aromatic carbocycles. The first-order chi connectivity index (χ1) is 14.3. The summed E-state index contributed by atoms with van der Waals surface area (Å²) in [5.74, 6) is -0.0514. The lowest BCUT2D eigenvalue weighted by Crippen LogP contribution is -2.31. The Hall–Kier alpha value is -3.06. The lowest BCUT2D eigenvalue weighted by Gasteiger charge is -2.16. The summed E-state index contributed by atoms with van der Waals surface area (Å²) in [6, 6.07) is 14.3. The van der Waals surface area contributed by atoms with E-state index in [0.717, 1.165) is 5.56 Å². The molecule has 0 saturated carbocycles. The molecule has 0 radical (unpaired) electrons. The van der Waals surface area contributed by atoms with Gasteiger partial charge in [-0.3, -0.25) is 19.3 Å². The third kappa shape index (κ3) is 4.74. The van der Waals surface area contributed by atoms with Gasteiger partial charge in [0.05, 0.1) is 24.1 Å². The molecule has 7 heteroatoms. The quantitative estimate of drug-likeness (QED) is 0.678. The molecule has 1 heterocycles. The van der Waals surface area contributed by atoms with E-state index < -0.39 is 0 Å². The van der Waals surface area contributed by atoms with Crippen molar-refractivity contribution in [2.45, 2.75) is 32.6 Å². The highest BCUT2D eigenvalue weighted by Crippen LogP contribution is 2.38. The van der Waals surface area contributed by atoms with E-state index in [2.05, 4.69) is 5.32 Å². The number of amides is 3. The summed E-state index contributed by atoms with van der Waals surface area (Å²) in [5, 5.41) is 2.85. The minimum Gasteiger partial charge on any atom is -0.497 e. The predicted octanol–water partition coefficient (Wildman–Crippen LogP) is 4.08. The fourth-order valence-electron chi connectivity index (χ4n) is 3.13. The van der Waals surface area contributed by atoms with Gasteiger partial charge in [-0.25, -0.2) is 0 Å². The minimum atomic E-state index is -0.314. The molecule has 156 valence electrons. The summed E-state index contributed by atoms with van der Waals surface area (Å²) in [7, 11) is 1.59. The molecule has 0 fully saturated rings. The largest absolute Gasteiger partial charge is 0.497 e. The first-order valence-electron chi connectivity index (χ1n) is 9.58. The molecule has 1 aliphatic heterocycles. The minimum absolute atomic E-state index is 0.145. The molecular weight excluding hydrogens is 400 g/mol. The second-order valence-electron chi connectivity index (χ2n) is 7.17. The van der Waals surface area contributed by atoms with E-state index in [4.69, 9.17) is 4.74 Å². The number of benzene rings is 2. The Bertz CT molecular complexity index is 995. The van der Waals surface area contributed by atoms with E-state index in [0.29, 0.717) is 27.5 Å². The predicted molar refractivity (Wildman–Crippen MR) is 119 cm³/mol. The van der Waals surface area contributed by atoms with Crippen LogP contribution in [0.4, 0.5) is 5.69 Å². The Morgan fingerprint density at radius 1 is 1.03 bits per heavy atom. The van der Waals surface area contributed by atoms with Gasteiger partial charge in [0, 0.05) is 17.9 Å². The van der Waals surface area contributed by atoms with Crippen molar-refractivity contribution in [3.63, 3.8) is 0 Å². The van der Waals surface area contributed by atoms with Crippen molar-refractivity contribution < 1.29 is 19.1 Å². The summed E-state index contributed by atoms with van der Waals surface area (Å²) >= 11 is 1.39. The zero-order valence-electron chi connectivity index (χ0n) is 17.4. The number of hydrogen-bond acceptors (Lipinski definition) is 5. The van der Waals surface area contributed by atoms with Crippen LogP contribution in [0.1, 0.15) is 31.9 Å². The van der Waals surface area contributed by atoms with Crippen molar-refractivity contribution in [2.24, 2.45) is 0 Å². The van der Waals surface area contributed by atoms with Crippen LogP contribution in [-0.4, -0.2) is 35.0 Å². The van der Waals surface area contributed by atoms with Gasteiger partial charge < -0.3 is 10.1 Å². The summed E-state index contributed by atoms with van der Waals surface area (Å²) in [6.07, 6.45) is 0. The average Bonchev–Trinajstić information content (AvgIpc) is 2.93. The molecule has 1 N–H and O–H groups in total.